The van der Waals surface area contributed by atoms with Gasteiger partial charge in [-0.2, -0.15) is 0 Å². The molecule has 2 atom stereocenters. The van der Waals surface area contributed by atoms with E-state index >= 15 is 0 Å². The number of pyridine rings is 1. The highest BCUT2D eigenvalue weighted by Crippen LogP contribution is 2.21. The number of aliphatic hydroxyl groups is 1. The SMILES string of the molecule is CCC(C)C(O)CNCc1ccc(-c2ccncc2)cc1F. The molecule has 0 spiro atoms. The highest BCUT2D eigenvalue weighted by Gasteiger charge is 2.12. The van der Waals surface area contributed by atoms with Gasteiger partial charge in [-0.25, -0.2) is 4.39 Å². The molecule has 0 aliphatic carbocycles. The summed E-state index contributed by atoms with van der Waals surface area (Å²) in [6, 6.07) is 8.94. The molecule has 118 valence electrons. The summed E-state index contributed by atoms with van der Waals surface area (Å²) in [5.74, 6) is 0.00579. The molecule has 0 amide bonds. The fraction of sp³-hybridized carbons (Fsp3) is 0.389. The lowest BCUT2D eigenvalue weighted by Gasteiger charge is -2.17. The summed E-state index contributed by atoms with van der Waals surface area (Å²) in [7, 11) is 0. The maximum Gasteiger partial charge on any atom is 0.128 e. The minimum absolute atomic E-state index is 0.236. The Kier molecular flexibility index (Phi) is 6.04. The maximum atomic E-state index is 14.2. The van der Waals surface area contributed by atoms with E-state index in [0.717, 1.165) is 17.5 Å². The zero-order valence-corrected chi connectivity index (χ0v) is 13.1. The maximum absolute atomic E-state index is 14.2. The number of benzene rings is 1. The average molecular weight is 302 g/mol. The monoisotopic (exact) mass is 302 g/mol. The molecule has 4 heteroatoms. The average Bonchev–Trinajstić information content (AvgIpc) is 2.56. The van der Waals surface area contributed by atoms with Gasteiger partial charge in [0.25, 0.3) is 0 Å². The second-order valence-electron chi connectivity index (χ2n) is 5.63. The highest BCUT2D eigenvalue weighted by molar-refractivity contribution is 5.63. The van der Waals surface area contributed by atoms with Crippen molar-refractivity contribution in [1.29, 1.82) is 0 Å². The van der Waals surface area contributed by atoms with E-state index in [9.17, 15) is 9.50 Å². The predicted molar refractivity (Wildman–Crippen MR) is 86.8 cm³/mol. The third-order valence-corrected chi connectivity index (χ3v) is 4.04. The van der Waals surface area contributed by atoms with Crippen LogP contribution in [0.1, 0.15) is 25.8 Å². The first-order valence-electron chi connectivity index (χ1n) is 7.69. The zero-order chi connectivity index (χ0) is 15.9. The van der Waals surface area contributed by atoms with Gasteiger partial charge >= 0.3 is 0 Å². The molecule has 2 unspecified atom stereocenters. The van der Waals surface area contributed by atoms with Gasteiger partial charge in [-0.1, -0.05) is 32.4 Å². The van der Waals surface area contributed by atoms with Gasteiger partial charge in [0.05, 0.1) is 6.10 Å². The summed E-state index contributed by atoms with van der Waals surface area (Å²) >= 11 is 0. The molecule has 1 aromatic heterocycles. The van der Waals surface area contributed by atoms with Crippen molar-refractivity contribution in [3.05, 3.63) is 54.1 Å². The van der Waals surface area contributed by atoms with Crippen LogP contribution in [0, 0.1) is 11.7 Å². The second-order valence-corrected chi connectivity index (χ2v) is 5.63. The largest absolute Gasteiger partial charge is 0.392 e. The third kappa shape index (κ3) is 4.36. The molecular weight excluding hydrogens is 279 g/mol. The summed E-state index contributed by atoms with van der Waals surface area (Å²) in [4.78, 5) is 3.96. The number of hydrogen-bond donors (Lipinski definition) is 2. The van der Waals surface area contributed by atoms with E-state index in [4.69, 9.17) is 0 Å². The van der Waals surface area contributed by atoms with Gasteiger partial charge in [-0.05, 0) is 35.2 Å². The van der Waals surface area contributed by atoms with Gasteiger partial charge in [-0.3, -0.25) is 4.98 Å². The molecular formula is C18H23FN2O. The quantitative estimate of drug-likeness (QED) is 0.824. The van der Waals surface area contributed by atoms with Crippen LogP contribution < -0.4 is 5.32 Å². The Morgan fingerprint density at radius 2 is 1.91 bits per heavy atom. The summed E-state index contributed by atoms with van der Waals surface area (Å²) in [6.07, 6.45) is 3.92. The van der Waals surface area contributed by atoms with Gasteiger partial charge in [0.15, 0.2) is 0 Å². The molecule has 0 bridgehead atoms. The molecule has 0 fully saturated rings. The number of aliphatic hydroxyl groups excluding tert-OH is 1. The summed E-state index contributed by atoms with van der Waals surface area (Å²) < 4.78 is 14.2. The van der Waals surface area contributed by atoms with Crippen molar-refractivity contribution in [2.75, 3.05) is 6.54 Å². The molecule has 3 nitrogen and oxygen atoms in total. The Balaban J connectivity index is 1.96. The van der Waals surface area contributed by atoms with Crippen LogP contribution in [0.3, 0.4) is 0 Å². The van der Waals surface area contributed by atoms with Crippen molar-refractivity contribution in [2.24, 2.45) is 5.92 Å². The highest BCUT2D eigenvalue weighted by atomic mass is 19.1. The Hall–Kier alpha value is -1.78. The van der Waals surface area contributed by atoms with Crippen LogP contribution in [0.4, 0.5) is 4.39 Å². The Bertz CT molecular complexity index is 589. The molecule has 2 rings (SSSR count). The van der Waals surface area contributed by atoms with Crippen LogP contribution in [-0.4, -0.2) is 22.7 Å². The zero-order valence-electron chi connectivity index (χ0n) is 13.1. The van der Waals surface area contributed by atoms with Crippen LogP contribution in [0.5, 0.6) is 0 Å². The van der Waals surface area contributed by atoms with E-state index in [2.05, 4.69) is 10.3 Å². The van der Waals surface area contributed by atoms with Crippen LogP contribution in [0.15, 0.2) is 42.7 Å². The molecule has 1 aromatic carbocycles. The topological polar surface area (TPSA) is 45.1 Å². The minimum Gasteiger partial charge on any atom is -0.392 e. The van der Waals surface area contributed by atoms with Crippen LogP contribution in [-0.2, 0) is 6.54 Å². The van der Waals surface area contributed by atoms with Gasteiger partial charge in [0.1, 0.15) is 5.82 Å². The van der Waals surface area contributed by atoms with Gasteiger partial charge < -0.3 is 10.4 Å². The first kappa shape index (κ1) is 16.6. The fourth-order valence-corrected chi connectivity index (χ4v) is 2.24. The van der Waals surface area contributed by atoms with Crippen molar-refractivity contribution < 1.29 is 9.50 Å². The van der Waals surface area contributed by atoms with Gasteiger partial charge in [-0.15, -0.1) is 0 Å². The summed E-state index contributed by atoms with van der Waals surface area (Å²) in [5, 5.41) is 13.0. The van der Waals surface area contributed by atoms with Crippen LogP contribution >= 0.6 is 0 Å². The molecule has 0 saturated carbocycles. The summed E-state index contributed by atoms with van der Waals surface area (Å²) in [5.41, 5.74) is 2.39. The predicted octanol–water partition coefficient (Wildman–Crippen LogP) is 3.38. The standard InChI is InChI=1S/C18H23FN2O/c1-3-13(2)18(22)12-21-11-16-5-4-15(10-17(16)19)14-6-8-20-9-7-14/h4-10,13,18,21-22H,3,11-12H2,1-2H3. The number of nitrogens with one attached hydrogen (secondary N) is 1. The Morgan fingerprint density at radius 1 is 1.18 bits per heavy atom. The van der Waals surface area contributed by atoms with E-state index < -0.39 is 6.10 Å². The van der Waals surface area contributed by atoms with Crippen molar-refractivity contribution in [3.63, 3.8) is 0 Å². The number of halogens is 1. The van der Waals surface area contributed by atoms with Crippen molar-refractivity contribution in [2.45, 2.75) is 32.9 Å². The van der Waals surface area contributed by atoms with Crippen LogP contribution in [0.2, 0.25) is 0 Å². The third-order valence-electron chi connectivity index (χ3n) is 4.04. The van der Waals surface area contributed by atoms with E-state index in [1.165, 1.54) is 6.07 Å². The molecule has 0 saturated heterocycles. The van der Waals surface area contributed by atoms with Crippen molar-refractivity contribution in [1.82, 2.24) is 10.3 Å². The number of hydrogen-bond acceptors (Lipinski definition) is 3. The van der Waals surface area contributed by atoms with Crippen molar-refractivity contribution >= 4 is 0 Å². The van der Waals surface area contributed by atoms with E-state index in [0.29, 0.717) is 18.7 Å². The minimum atomic E-state index is -0.399. The molecule has 2 aromatic rings. The van der Waals surface area contributed by atoms with E-state index in [1.807, 2.05) is 32.0 Å². The molecule has 0 aliphatic rings. The van der Waals surface area contributed by atoms with Gasteiger partial charge in [0, 0.05) is 31.0 Å². The van der Waals surface area contributed by atoms with Gasteiger partial charge in [0.2, 0.25) is 0 Å². The number of rotatable bonds is 7. The molecule has 22 heavy (non-hydrogen) atoms. The lowest BCUT2D eigenvalue weighted by atomic mass is 10.0. The fourth-order valence-electron chi connectivity index (χ4n) is 2.24. The molecule has 0 radical (unpaired) electrons. The Labute approximate surface area is 131 Å². The first-order valence-corrected chi connectivity index (χ1v) is 7.69. The van der Waals surface area contributed by atoms with E-state index in [-0.39, 0.29) is 11.7 Å². The number of nitrogens with zero attached hydrogens (tertiary/aromatic N) is 1. The normalized spacial score (nSPS) is 13.8. The molecule has 0 aliphatic heterocycles. The first-order chi connectivity index (χ1) is 10.6. The second kappa shape index (κ2) is 8.01. The summed E-state index contributed by atoms with van der Waals surface area (Å²) in [6.45, 7) is 4.94. The lowest BCUT2D eigenvalue weighted by molar-refractivity contribution is 0.112. The Morgan fingerprint density at radius 3 is 2.55 bits per heavy atom. The van der Waals surface area contributed by atoms with E-state index in [1.54, 1.807) is 18.5 Å². The number of aromatic nitrogens is 1. The smallest absolute Gasteiger partial charge is 0.128 e. The van der Waals surface area contributed by atoms with Crippen molar-refractivity contribution in [3.8, 4) is 11.1 Å². The lowest BCUT2D eigenvalue weighted by Crippen LogP contribution is -2.31. The molecule has 1 heterocycles. The molecule has 2 N–H and O–H groups in total. The van der Waals surface area contributed by atoms with Crippen LogP contribution in [0.25, 0.3) is 11.1 Å².